The number of halogens is 2. The molecule has 0 bridgehead atoms. The number of benzene rings is 1. The number of hydrogen-bond donors (Lipinski definition) is 1. The number of hydrogen-bond acceptors (Lipinski definition) is 2. The summed E-state index contributed by atoms with van der Waals surface area (Å²) in [5, 5.41) is 5.34. The number of anilines is 1. The quantitative estimate of drug-likeness (QED) is 0.842. The molecule has 2 aromatic rings. The lowest BCUT2D eigenvalue weighted by Gasteiger charge is -2.16. The Morgan fingerprint density at radius 1 is 1.35 bits per heavy atom. The van der Waals surface area contributed by atoms with E-state index in [0.717, 1.165) is 27.8 Å². The van der Waals surface area contributed by atoms with Gasteiger partial charge in [-0.05, 0) is 52.4 Å². The van der Waals surface area contributed by atoms with Crippen molar-refractivity contribution in [1.82, 2.24) is 9.78 Å². The molecule has 0 radical (unpaired) electrons. The van der Waals surface area contributed by atoms with E-state index in [1.165, 1.54) is 0 Å². The zero-order valence-corrected chi connectivity index (χ0v) is 14.5. The molecule has 20 heavy (non-hydrogen) atoms. The third kappa shape index (κ3) is 3.18. The summed E-state index contributed by atoms with van der Waals surface area (Å²) in [6, 6.07) is 5.82. The summed E-state index contributed by atoms with van der Waals surface area (Å²) in [5.41, 5.74) is 9.18. The maximum absolute atomic E-state index is 6.18. The highest BCUT2D eigenvalue weighted by Gasteiger charge is 2.20. The summed E-state index contributed by atoms with van der Waals surface area (Å²) < 4.78 is 2.60. The minimum Gasteiger partial charge on any atom is -0.383 e. The van der Waals surface area contributed by atoms with Crippen LogP contribution in [-0.4, -0.2) is 9.78 Å². The standard InChI is InChI=1S/C15H19BrClN3/c1-9-5-6-10(7-11(9)17)20-14(18)13(16)12(19-20)8-15(2,3)4/h5-7H,8,18H2,1-4H3. The summed E-state index contributed by atoms with van der Waals surface area (Å²) in [6.45, 7) is 8.51. The van der Waals surface area contributed by atoms with Crippen molar-refractivity contribution in [3.05, 3.63) is 39.0 Å². The number of aromatic nitrogens is 2. The zero-order valence-electron chi connectivity index (χ0n) is 12.2. The van der Waals surface area contributed by atoms with Crippen LogP contribution in [-0.2, 0) is 6.42 Å². The van der Waals surface area contributed by atoms with Gasteiger partial charge in [-0.15, -0.1) is 0 Å². The second-order valence-corrected chi connectivity index (χ2v) is 7.43. The minimum absolute atomic E-state index is 0.152. The van der Waals surface area contributed by atoms with Crippen molar-refractivity contribution in [1.29, 1.82) is 0 Å². The summed E-state index contributed by atoms with van der Waals surface area (Å²) in [5.74, 6) is 0.601. The summed E-state index contributed by atoms with van der Waals surface area (Å²) in [4.78, 5) is 0. The van der Waals surface area contributed by atoms with Crippen LogP contribution in [0.1, 0.15) is 32.0 Å². The van der Waals surface area contributed by atoms with Crippen LogP contribution in [0.3, 0.4) is 0 Å². The fraction of sp³-hybridized carbons (Fsp3) is 0.400. The first kappa shape index (κ1) is 15.4. The number of nitrogen functional groups attached to an aromatic ring is 1. The topological polar surface area (TPSA) is 43.8 Å². The fourth-order valence-corrected chi connectivity index (χ4v) is 2.55. The highest BCUT2D eigenvalue weighted by Crippen LogP contribution is 2.32. The van der Waals surface area contributed by atoms with Gasteiger partial charge >= 0.3 is 0 Å². The molecule has 0 aliphatic rings. The van der Waals surface area contributed by atoms with Gasteiger partial charge in [0.1, 0.15) is 5.82 Å². The van der Waals surface area contributed by atoms with Crippen molar-refractivity contribution in [2.45, 2.75) is 34.1 Å². The van der Waals surface area contributed by atoms with Crippen molar-refractivity contribution in [2.75, 3.05) is 5.73 Å². The Kier molecular flexibility index (Phi) is 4.17. The van der Waals surface area contributed by atoms with Gasteiger partial charge in [-0.25, -0.2) is 4.68 Å². The van der Waals surface area contributed by atoms with Crippen LogP contribution in [0, 0.1) is 12.3 Å². The van der Waals surface area contributed by atoms with Gasteiger partial charge in [-0.2, -0.15) is 5.10 Å². The van der Waals surface area contributed by atoms with Crippen LogP contribution in [0.5, 0.6) is 0 Å². The predicted molar refractivity (Wildman–Crippen MR) is 88.6 cm³/mol. The van der Waals surface area contributed by atoms with Crippen molar-refractivity contribution in [2.24, 2.45) is 5.41 Å². The Balaban J connectivity index is 2.47. The van der Waals surface area contributed by atoms with Crippen LogP contribution in [0.15, 0.2) is 22.7 Å². The molecule has 0 saturated carbocycles. The zero-order chi connectivity index (χ0) is 15.1. The Morgan fingerprint density at radius 3 is 2.55 bits per heavy atom. The molecule has 0 saturated heterocycles. The van der Waals surface area contributed by atoms with Crippen LogP contribution in [0.4, 0.5) is 5.82 Å². The molecule has 108 valence electrons. The molecule has 0 unspecified atom stereocenters. The van der Waals surface area contributed by atoms with Crippen molar-refractivity contribution in [3.8, 4) is 5.69 Å². The second-order valence-electron chi connectivity index (χ2n) is 6.23. The van der Waals surface area contributed by atoms with Crippen molar-refractivity contribution < 1.29 is 0 Å². The summed E-state index contributed by atoms with van der Waals surface area (Å²) in [6.07, 6.45) is 0.852. The molecule has 0 atom stereocenters. The average molecular weight is 357 g/mol. The lowest BCUT2D eigenvalue weighted by Crippen LogP contribution is -2.10. The molecule has 5 heteroatoms. The first-order chi connectivity index (χ1) is 9.19. The molecule has 3 nitrogen and oxygen atoms in total. The Labute approximate surface area is 133 Å². The molecule has 0 fully saturated rings. The normalized spacial score (nSPS) is 11.9. The average Bonchev–Trinajstić information content (AvgIpc) is 2.59. The highest BCUT2D eigenvalue weighted by atomic mass is 79.9. The maximum atomic E-state index is 6.18. The number of nitrogens with zero attached hydrogens (tertiary/aromatic N) is 2. The van der Waals surface area contributed by atoms with E-state index >= 15 is 0 Å². The molecule has 2 N–H and O–H groups in total. The van der Waals surface area contributed by atoms with E-state index in [4.69, 9.17) is 17.3 Å². The number of rotatable bonds is 2. The Hall–Kier alpha value is -1.000. The van der Waals surface area contributed by atoms with E-state index in [1.54, 1.807) is 4.68 Å². The molecule has 1 aromatic heterocycles. The van der Waals surface area contributed by atoms with E-state index in [9.17, 15) is 0 Å². The van der Waals surface area contributed by atoms with Gasteiger partial charge in [0.2, 0.25) is 0 Å². The highest BCUT2D eigenvalue weighted by molar-refractivity contribution is 9.10. The second kappa shape index (κ2) is 5.41. The molecule has 1 heterocycles. The molecular formula is C15H19BrClN3. The van der Waals surface area contributed by atoms with Crippen molar-refractivity contribution in [3.63, 3.8) is 0 Å². The van der Waals surface area contributed by atoms with E-state index in [0.29, 0.717) is 10.8 Å². The van der Waals surface area contributed by atoms with Gasteiger partial charge < -0.3 is 5.73 Å². The molecule has 1 aromatic carbocycles. The smallest absolute Gasteiger partial charge is 0.141 e. The largest absolute Gasteiger partial charge is 0.383 e. The number of nitrogens with two attached hydrogens (primary N) is 1. The van der Waals surface area contributed by atoms with E-state index < -0.39 is 0 Å². The lowest BCUT2D eigenvalue weighted by atomic mass is 9.91. The van der Waals surface area contributed by atoms with E-state index in [-0.39, 0.29) is 5.41 Å². The van der Waals surface area contributed by atoms with Crippen LogP contribution >= 0.6 is 27.5 Å². The third-order valence-corrected chi connectivity index (χ3v) is 4.30. The molecular weight excluding hydrogens is 338 g/mol. The molecule has 0 aliphatic heterocycles. The third-order valence-electron chi connectivity index (χ3n) is 3.02. The monoisotopic (exact) mass is 355 g/mol. The maximum Gasteiger partial charge on any atom is 0.141 e. The SMILES string of the molecule is Cc1ccc(-n2nc(CC(C)(C)C)c(Br)c2N)cc1Cl. The molecule has 0 amide bonds. The van der Waals surface area contributed by atoms with Gasteiger partial charge in [0.05, 0.1) is 15.9 Å². The van der Waals surface area contributed by atoms with Gasteiger partial charge in [0.15, 0.2) is 0 Å². The van der Waals surface area contributed by atoms with Crippen LogP contribution in [0.2, 0.25) is 5.02 Å². The van der Waals surface area contributed by atoms with Gasteiger partial charge in [-0.1, -0.05) is 38.4 Å². The molecule has 0 aliphatic carbocycles. The predicted octanol–water partition coefficient (Wildman–Crippen LogP) is 4.77. The van der Waals surface area contributed by atoms with E-state index in [1.807, 2.05) is 25.1 Å². The fourth-order valence-electron chi connectivity index (χ4n) is 1.98. The minimum atomic E-state index is 0.152. The van der Waals surface area contributed by atoms with Crippen LogP contribution < -0.4 is 5.73 Å². The lowest BCUT2D eigenvalue weighted by molar-refractivity contribution is 0.404. The first-order valence-electron chi connectivity index (χ1n) is 6.48. The molecule has 0 spiro atoms. The Morgan fingerprint density at radius 2 is 2.00 bits per heavy atom. The summed E-state index contributed by atoms with van der Waals surface area (Å²) >= 11 is 9.72. The van der Waals surface area contributed by atoms with Crippen LogP contribution in [0.25, 0.3) is 5.69 Å². The number of aryl methyl sites for hydroxylation is 1. The first-order valence-corrected chi connectivity index (χ1v) is 7.65. The van der Waals surface area contributed by atoms with E-state index in [2.05, 4.69) is 41.8 Å². The van der Waals surface area contributed by atoms with Gasteiger partial charge in [0, 0.05) is 5.02 Å². The molecule has 2 rings (SSSR count). The Bertz CT molecular complexity index is 641. The summed E-state index contributed by atoms with van der Waals surface area (Å²) in [7, 11) is 0. The van der Waals surface area contributed by atoms with Gasteiger partial charge in [0.25, 0.3) is 0 Å². The van der Waals surface area contributed by atoms with Gasteiger partial charge in [-0.3, -0.25) is 0 Å². The van der Waals surface area contributed by atoms with Crippen molar-refractivity contribution >= 4 is 33.3 Å².